The van der Waals surface area contributed by atoms with E-state index in [0.717, 1.165) is 52.9 Å². The molecule has 5 rings (SSSR count). The standard InChI is InChI=1S/C21H20N4O2/c1-26-14-6-7-16-20(12-14)27-24-21(16)19-13-22-10-11-25(19)18-8-9-23-17-5-3-2-4-15(17)18/h2-9,12,19,22H,10-11,13H2,1H3. The highest BCUT2D eigenvalue weighted by Crippen LogP contribution is 2.36. The topological polar surface area (TPSA) is 63.4 Å². The molecule has 1 aliphatic heterocycles. The average Bonchev–Trinajstić information content (AvgIpc) is 3.16. The van der Waals surface area contributed by atoms with Gasteiger partial charge in [-0.25, -0.2) is 0 Å². The van der Waals surface area contributed by atoms with Crippen molar-refractivity contribution in [3.8, 4) is 5.75 Å². The van der Waals surface area contributed by atoms with Crippen molar-refractivity contribution in [3.05, 3.63) is 60.4 Å². The Morgan fingerprint density at radius 2 is 2.07 bits per heavy atom. The number of piperazine rings is 1. The molecule has 27 heavy (non-hydrogen) atoms. The predicted molar refractivity (Wildman–Crippen MR) is 105 cm³/mol. The molecule has 3 heterocycles. The van der Waals surface area contributed by atoms with Gasteiger partial charge in [0.2, 0.25) is 0 Å². The van der Waals surface area contributed by atoms with Crippen molar-refractivity contribution in [1.82, 2.24) is 15.5 Å². The van der Waals surface area contributed by atoms with E-state index in [-0.39, 0.29) is 6.04 Å². The van der Waals surface area contributed by atoms with Gasteiger partial charge in [-0.3, -0.25) is 4.98 Å². The molecule has 6 heteroatoms. The van der Waals surface area contributed by atoms with E-state index in [1.807, 2.05) is 36.5 Å². The Morgan fingerprint density at radius 1 is 1.15 bits per heavy atom. The number of ether oxygens (including phenoxy) is 1. The summed E-state index contributed by atoms with van der Waals surface area (Å²) in [6.45, 7) is 2.63. The van der Waals surface area contributed by atoms with Gasteiger partial charge in [-0.15, -0.1) is 0 Å². The van der Waals surface area contributed by atoms with Gasteiger partial charge in [0, 0.05) is 48.4 Å². The molecule has 1 saturated heterocycles. The number of nitrogens with one attached hydrogen (secondary N) is 1. The molecule has 1 unspecified atom stereocenters. The summed E-state index contributed by atoms with van der Waals surface area (Å²) in [4.78, 5) is 6.91. The lowest BCUT2D eigenvalue weighted by atomic mass is 10.0. The first-order valence-corrected chi connectivity index (χ1v) is 9.09. The molecule has 4 aromatic rings. The van der Waals surface area contributed by atoms with E-state index in [4.69, 9.17) is 9.26 Å². The molecule has 2 aromatic carbocycles. The van der Waals surface area contributed by atoms with E-state index < -0.39 is 0 Å². The van der Waals surface area contributed by atoms with Crippen molar-refractivity contribution in [2.75, 3.05) is 31.6 Å². The predicted octanol–water partition coefficient (Wildman–Crippen LogP) is 3.54. The molecule has 0 radical (unpaired) electrons. The van der Waals surface area contributed by atoms with Gasteiger partial charge >= 0.3 is 0 Å². The lowest BCUT2D eigenvalue weighted by Crippen LogP contribution is -2.46. The number of nitrogens with zero attached hydrogens (tertiary/aromatic N) is 3. The third kappa shape index (κ3) is 2.69. The molecule has 1 aliphatic rings. The maximum absolute atomic E-state index is 5.62. The molecular formula is C21H20N4O2. The van der Waals surface area contributed by atoms with Crippen LogP contribution in [0.25, 0.3) is 21.9 Å². The summed E-state index contributed by atoms with van der Waals surface area (Å²) in [5, 5.41) is 10.1. The number of methoxy groups -OCH3 is 1. The third-order valence-electron chi connectivity index (χ3n) is 5.20. The van der Waals surface area contributed by atoms with Crippen molar-refractivity contribution in [1.29, 1.82) is 0 Å². The average molecular weight is 360 g/mol. The largest absolute Gasteiger partial charge is 0.497 e. The van der Waals surface area contributed by atoms with Gasteiger partial charge in [-0.2, -0.15) is 0 Å². The van der Waals surface area contributed by atoms with Gasteiger partial charge in [0.1, 0.15) is 11.4 Å². The Labute approximate surface area is 156 Å². The second-order valence-corrected chi connectivity index (χ2v) is 6.69. The van der Waals surface area contributed by atoms with Gasteiger partial charge < -0.3 is 19.5 Å². The van der Waals surface area contributed by atoms with Crippen molar-refractivity contribution < 1.29 is 9.26 Å². The molecule has 1 fully saturated rings. The molecule has 0 saturated carbocycles. The SMILES string of the molecule is COc1ccc2c(C3CNCCN3c3ccnc4ccccc34)noc2c1. The summed E-state index contributed by atoms with van der Waals surface area (Å²) in [5.74, 6) is 0.768. The van der Waals surface area contributed by atoms with Gasteiger partial charge in [0.25, 0.3) is 0 Å². The number of aromatic nitrogens is 2. The number of hydrogen-bond acceptors (Lipinski definition) is 6. The zero-order valence-electron chi connectivity index (χ0n) is 15.1. The molecule has 0 amide bonds. The zero-order valence-corrected chi connectivity index (χ0v) is 15.1. The Hall–Kier alpha value is -3.12. The number of anilines is 1. The molecule has 1 atom stereocenters. The Morgan fingerprint density at radius 3 is 3.00 bits per heavy atom. The summed E-state index contributed by atoms with van der Waals surface area (Å²) in [6, 6.07) is 16.3. The molecule has 136 valence electrons. The Bertz CT molecular complexity index is 1100. The number of benzene rings is 2. The van der Waals surface area contributed by atoms with Gasteiger partial charge in [0.05, 0.1) is 18.7 Å². The van der Waals surface area contributed by atoms with Crippen LogP contribution in [0.4, 0.5) is 5.69 Å². The van der Waals surface area contributed by atoms with Crippen molar-refractivity contribution in [3.63, 3.8) is 0 Å². The fourth-order valence-corrected chi connectivity index (χ4v) is 3.87. The zero-order chi connectivity index (χ0) is 18.2. The van der Waals surface area contributed by atoms with Crippen molar-refractivity contribution in [2.24, 2.45) is 0 Å². The fourth-order valence-electron chi connectivity index (χ4n) is 3.87. The van der Waals surface area contributed by atoms with E-state index in [2.05, 4.69) is 38.6 Å². The minimum atomic E-state index is 0.0826. The molecule has 0 bridgehead atoms. The van der Waals surface area contributed by atoms with E-state index in [9.17, 15) is 0 Å². The van der Waals surface area contributed by atoms with Crippen LogP contribution < -0.4 is 15.0 Å². The summed E-state index contributed by atoms with van der Waals surface area (Å²) in [6.07, 6.45) is 1.88. The third-order valence-corrected chi connectivity index (χ3v) is 5.20. The quantitative estimate of drug-likeness (QED) is 0.603. The normalized spacial score (nSPS) is 17.5. The van der Waals surface area contributed by atoms with Crippen LogP contribution in [-0.2, 0) is 0 Å². The molecule has 0 aliphatic carbocycles. The maximum atomic E-state index is 5.62. The van der Waals surface area contributed by atoms with E-state index in [1.54, 1.807) is 7.11 Å². The number of fused-ring (bicyclic) bond motifs is 2. The minimum Gasteiger partial charge on any atom is -0.497 e. The van der Waals surface area contributed by atoms with E-state index in [1.165, 1.54) is 5.69 Å². The maximum Gasteiger partial charge on any atom is 0.170 e. The summed E-state index contributed by atoms with van der Waals surface area (Å²) in [5.41, 5.74) is 3.87. The minimum absolute atomic E-state index is 0.0826. The summed E-state index contributed by atoms with van der Waals surface area (Å²) < 4.78 is 10.9. The first-order chi connectivity index (χ1) is 13.3. The van der Waals surface area contributed by atoms with Crippen molar-refractivity contribution in [2.45, 2.75) is 6.04 Å². The van der Waals surface area contributed by atoms with Crippen LogP contribution in [0.1, 0.15) is 11.7 Å². The Balaban J connectivity index is 1.62. The van der Waals surface area contributed by atoms with Crippen LogP contribution in [-0.4, -0.2) is 36.9 Å². The van der Waals surface area contributed by atoms with Crippen LogP contribution in [0.5, 0.6) is 5.75 Å². The molecule has 1 N–H and O–H groups in total. The van der Waals surface area contributed by atoms with Crippen LogP contribution in [0.2, 0.25) is 0 Å². The van der Waals surface area contributed by atoms with Crippen LogP contribution in [0, 0.1) is 0 Å². The van der Waals surface area contributed by atoms with Gasteiger partial charge in [-0.1, -0.05) is 23.4 Å². The van der Waals surface area contributed by atoms with E-state index in [0.29, 0.717) is 0 Å². The number of hydrogen-bond donors (Lipinski definition) is 1. The van der Waals surface area contributed by atoms with Gasteiger partial charge in [0.15, 0.2) is 5.58 Å². The number of para-hydroxylation sites is 1. The van der Waals surface area contributed by atoms with Crippen molar-refractivity contribution >= 4 is 27.6 Å². The second-order valence-electron chi connectivity index (χ2n) is 6.69. The lowest BCUT2D eigenvalue weighted by molar-refractivity contribution is 0.406. The monoisotopic (exact) mass is 360 g/mol. The Kier molecular flexibility index (Phi) is 3.90. The fraction of sp³-hybridized carbons (Fsp3) is 0.238. The first kappa shape index (κ1) is 16.1. The number of rotatable bonds is 3. The molecule has 6 nitrogen and oxygen atoms in total. The molecular weight excluding hydrogens is 340 g/mol. The first-order valence-electron chi connectivity index (χ1n) is 9.09. The highest BCUT2D eigenvalue weighted by molar-refractivity contribution is 5.92. The highest BCUT2D eigenvalue weighted by atomic mass is 16.5. The van der Waals surface area contributed by atoms with Crippen LogP contribution in [0.15, 0.2) is 59.3 Å². The van der Waals surface area contributed by atoms with Gasteiger partial charge in [-0.05, 0) is 24.3 Å². The second kappa shape index (κ2) is 6.55. The van der Waals surface area contributed by atoms with Crippen LogP contribution in [0.3, 0.4) is 0 Å². The lowest BCUT2D eigenvalue weighted by Gasteiger charge is -2.37. The molecule has 0 spiro atoms. The van der Waals surface area contributed by atoms with Crippen LogP contribution >= 0.6 is 0 Å². The number of pyridine rings is 1. The van der Waals surface area contributed by atoms with E-state index >= 15 is 0 Å². The molecule has 2 aromatic heterocycles. The summed E-state index contributed by atoms with van der Waals surface area (Å²) >= 11 is 0. The smallest absolute Gasteiger partial charge is 0.170 e. The summed E-state index contributed by atoms with van der Waals surface area (Å²) in [7, 11) is 1.65. The highest BCUT2D eigenvalue weighted by Gasteiger charge is 2.29.